The third kappa shape index (κ3) is 1.46. The molecule has 5 nitrogen and oxygen atoms in total. The molecule has 7 atom stereocenters. The first-order valence-corrected chi connectivity index (χ1v) is 7.71. The zero-order valence-electron chi connectivity index (χ0n) is 12.3. The SMILES string of the molecule is C[C@@H]1CC[C@@H]2[C@@H](C)C(=O)O[C@@H]3O[C@]4(C)CC[C@@H]1[C@]32OO4. The van der Waals surface area contributed by atoms with Gasteiger partial charge in [-0.15, -0.1) is 0 Å². The predicted molar refractivity (Wildman–Crippen MR) is 68.0 cm³/mol. The Balaban J connectivity index is 1.84. The Hall–Kier alpha value is -0.650. The van der Waals surface area contributed by atoms with Crippen LogP contribution in [0.3, 0.4) is 0 Å². The average Bonchev–Trinajstić information content (AvgIpc) is 2.63. The number of fused-ring (bicyclic) bond motifs is 2. The van der Waals surface area contributed by atoms with Gasteiger partial charge in [-0.1, -0.05) is 13.8 Å². The maximum atomic E-state index is 12.1. The van der Waals surface area contributed by atoms with Gasteiger partial charge in [0.15, 0.2) is 5.60 Å². The van der Waals surface area contributed by atoms with Crippen molar-refractivity contribution in [3.8, 4) is 0 Å². The quantitative estimate of drug-likeness (QED) is 0.504. The maximum Gasteiger partial charge on any atom is 0.311 e. The van der Waals surface area contributed by atoms with Gasteiger partial charge in [-0.25, -0.2) is 9.78 Å². The summed E-state index contributed by atoms with van der Waals surface area (Å²) >= 11 is 0. The molecule has 1 saturated carbocycles. The van der Waals surface area contributed by atoms with Gasteiger partial charge < -0.3 is 9.47 Å². The number of rotatable bonds is 0. The molecule has 0 radical (unpaired) electrons. The summed E-state index contributed by atoms with van der Waals surface area (Å²) < 4.78 is 11.6. The minimum atomic E-state index is -0.793. The molecule has 0 unspecified atom stereocenters. The molecule has 4 heterocycles. The number of carbonyl (C=O) groups is 1. The van der Waals surface area contributed by atoms with Crippen LogP contribution < -0.4 is 0 Å². The Kier molecular flexibility index (Phi) is 2.58. The van der Waals surface area contributed by atoms with E-state index in [-0.39, 0.29) is 17.8 Å². The van der Waals surface area contributed by atoms with Gasteiger partial charge in [0.1, 0.15) is 0 Å². The zero-order chi connectivity index (χ0) is 14.1. The number of hydrogen-bond acceptors (Lipinski definition) is 5. The van der Waals surface area contributed by atoms with Crippen LogP contribution in [0.1, 0.15) is 46.5 Å². The summed E-state index contributed by atoms with van der Waals surface area (Å²) in [6.07, 6.45) is 3.24. The molecule has 0 aromatic heterocycles. The van der Waals surface area contributed by atoms with Crippen LogP contribution in [0.4, 0.5) is 0 Å². The normalized spacial score (nSPS) is 57.8. The van der Waals surface area contributed by atoms with Crippen LogP contribution in [0.2, 0.25) is 0 Å². The first-order chi connectivity index (χ1) is 9.46. The highest BCUT2D eigenvalue weighted by atomic mass is 17.3. The van der Waals surface area contributed by atoms with E-state index in [0.29, 0.717) is 11.8 Å². The number of hydrogen-bond donors (Lipinski definition) is 0. The third-order valence-electron chi connectivity index (χ3n) is 5.97. The first-order valence-electron chi connectivity index (χ1n) is 7.71. The van der Waals surface area contributed by atoms with Crippen LogP contribution in [0.25, 0.3) is 0 Å². The minimum absolute atomic E-state index is 0.123. The molecule has 4 saturated heterocycles. The fourth-order valence-corrected chi connectivity index (χ4v) is 4.76. The second kappa shape index (κ2) is 3.96. The van der Waals surface area contributed by atoms with Crippen molar-refractivity contribution in [2.45, 2.75) is 64.1 Å². The lowest BCUT2D eigenvalue weighted by atomic mass is 9.58. The highest BCUT2D eigenvalue weighted by molar-refractivity contribution is 5.74. The topological polar surface area (TPSA) is 54.0 Å². The van der Waals surface area contributed by atoms with Gasteiger partial charge in [0.2, 0.25) is 12.1 Å². The Morgan fingerprint density at radius 3 is 2.70 bits per heavy atom. The zero-order valence-corrected chi connectivity index (χ0v) is 12.3. The van der Waals surface area contributed by atoms with Gasteiger partial charge >= 0.3 is 5.97 Å². The number of ether oxygens (including phenoxy) is 2. The summed E-state index contributed by atoms with van der Waals surface area (Å²) in [5.74, 6) is -0.137. The van der Waals surface area contributed by atoms with Gasteiger partial charge in [0.25, 0.3) is 0 Å². The van der Waals surface area contributed by atoms with Crippen molar-refractivity contribution in [3.05, 3.63) is 0 Å². The molecule has 0 aromatic carbocycles. The van der Waals surface area contributed by atoms with E-state index in [2.05, 4.69) is 6.92 Å². The molecule has 0 amide bonds. The van der Waals surface area contributed by atoms with E-state index >= 15 is 0 Å². The van der Waals surface area contributed by atoms with Crippen LogP contribution in [0.5, 0.6) is 0 Å². The number of esters is 1. The largest absolute Gasteiger partial charge is 0.432 e. The van der Waals surface area contributed by atoms with E-state index in [0.717, 1.165) is 25.7 Å². The highest BCUT2D eigenvalue weighted by Gasteiger charge is 2.69. The van der Waals surface area contributed by atoms with Gasteiger partial charge in [-0.05, 0) is 32.1 Å². The molecule has 112 valence electrons. The van der Waals surface area contributed by atoms with E-state index in [9.17, 15) is 4.79 Å². The summed E-state index contributed by atoms with van der Waals surface area (Å²) in [7, 11) is 0. The minimum Gasteiger partial charge on any atom is -0.432 e. The van der Waals surface area contributed by atoms with E-state index in [4.69, 9.17) is 19.2 Å². The van der Waals surface area contributed by atoms with Crippen molar-refractivity contribution in [1.29, 1.82) is 0 Å². The molecule has 20 heavy (non-hydrogen) atoms. The second-order valence-corrected chi connectivity index (χ2v) is 7.14. The fraction of sp³-hybridized carbons (Fsp3) is 0.933. The Bertz CT molecular complexity index is 452. The van der Waals surface area contributed by atoms with Gasteiger partial charge in [-0.2, -0.15) is 0 Å². The molecule has 0 aromatic rings. The highest BCUT2D eigenvalue weighted by Crippen LogP contribution is 2.59. The van der Waals surface area contributed by atoms with E-state index in [1.54, 1.807) is 0 Å². The molecule has 5 rings (SSSR count). The summed E-state index contributed by atoms with van der Waals surface area (Å²) in [6, 6.07) is 0. The van der Waals surface area contributed by atoms with Crippen LogP contribution >= 0.6 is 0 Å². The smallest absolute Gasteiger partial charge is 0.311 e. The van der Waals surface area contributed by atoms with Crippen molar-refractivity contribution < 1.29 is 24.0 Å². The summed E-state index contributed by atoms with van der Waals surface area (Å²) in [5.41, 5.74) is -0.610. The Morgan fingerprint density at radius 2 is 1.90 bits per heavy atom. The molecule has 1 spiro atoms. The molecule has 0 N–H and O–H groups in total. The Labute approximate surface area is 118 Å². The van der Waals surface area contributed by atoms with Gasteiger partial charge in [0, 0.05) is 18.3 Å². The lowest BCUT2D eigenvalue weighted by Gasteiger charge is -2.57. The lowest BCUT2D eigenvalue weighted by Crippen LogP contribution is -2.69. The van der Waals surface area contributed by atoms with Gasteiger partial charge in [-0.3, -0.25) is 4.79 Å². The van der Waals surface area contributed by atoms with Crippen molar-refractivity contribution in [1.82, 2.24) is 0 Å². The first kappa shape index (κ1) is 13.0. The standard InChI is InChI=1S/C15H22O5/c1-8-4-5-11-9(2)12(16)17-13-15(11)10(8)6-7-14(3,18-13)19-20-15/h8-11,13H,4-7H2,1-3H3/t8-,9-,10+,11-,13-,14+,15-/m1/s1. The van der Waals surface area contributed by atoms with Crippen molar-refractivity contribution in [2.24, 2.45) is 23.7 Å². The molecule has 5 aliphatic rings. The summed E-state index contributed by atoms with van der Waals surface area (Å²) in [4.78, 5) is 23.7. The van der Waals surface area contributed by atoms with Crippen molar-refractivity contribution in [3.63, 3.8) is 0 Å². The Morgan fingerprint density at radius 1 is 1.10 bits per heavy atom. The van der Waals surface area contributed by atoms with E-state index in [1.165, 1.54) is 0 Å². The maximum absolute atomic E-state index is 12.1. The van der Waals surface area contributed by atoms with Crippen LogP contribution in [-0.4, -0.2) is 23.6 Å². The lowest BCUT2D eigenvalue weighted by molar-refractivity contribution is -0.559. The van der Waals surface area contributed by atoms with Crippen molar-refractivity contribution >= 4 is 5.97 Å². The molecular weight excluding hydrogens is 260 g/mol. The van der Waals surface area contributed by atoms with Crippen LogP contribution in [0.15, 0.2) is 0 Å². The van der Waals surface area contributed by atoms with Crippen molar-refractivity contribution in [2.75, 3.05) is 0 Å². The molecule has 5 heteroatoms. The molecular formula is C15H22O5. The van der Waals surface area contributed by atoms with Gasteiger partial charge in [0.05, 0.1) is 5.92 Å². The predicted octanol–water partition coefficient (Wildman–Crippen LogP) is 2.39. The summed E-state index contributed by atoms with van der Waals surface area (Å²) in [6.45, 7) is 6.06. The molecule has 2 bridgehead atoms. The molecule has 5 fully saturated rings. The van der Waals surface area contributed by atoms with Crippen LogP contribution in [0, 0.1) is 23.7 Å². The molecule has 1 aliphatic carbocycles. The second-order valence-electron chi connectivity index (χ2n) is 7.14. The van der Waals surface area contributed by atoms with E-state index in [1.807, 2.05) is 13.8 Å². The molecule has 4 aliphatic heterocycles. The van der Waals surface area contributed by atoms with Crippen LogP contribution in [-0.2, 0) is 24.0 Å². The number of carbonyl (C=O) groups excluding carboxylic acids is 1. The average molecular weight is 282 g/mol. The fourth-order valence-electron chi connectivity index (χ4n) is 4.76. The monoisotopic (exact) mass is 282 g/mol. The summed E-state index contributed by atoms with van der Waals surface area (Å²) in [5, 5.41) is 0. The van der Waals surface area contributed by atoms with E-state index < -0.39 is 17.7 Å². The third-order valence-corrected chi connectivity index (χ3v) is 5.97.